The fraction of sp³-hybridized carbons (Fsp3) is 0.167. The number of rotatable bonds is 5. The summed E-state index contributed by atoms with van der Waals surface area (Å²) in [5.41, 5.74) is -6.17. The van der Waals surface area contributed by atoms with Crippen LogP contribution < -0.4 is 9.46 Å². The molecule has 1 amide bonds. The third kappa shape index (κ3) is 6.24. The number of nitrogens with zero attached hydrogens (tertiary/aromatic N) is 3. The van der Waals surface area contributed by atoms with E-state index in [1.54, 1.807) is 0 Å². The van der Waals surface area contributed by atoms with Gasteiger partial charge in [0.15, 0.2) is 11.4 Å². The Hall–Kier alpha value is -3.54. The molecule has 3 rings (SSSR count). The Bertz CT molecular complexity index is 1450. The Labute approximate surface area is 204 Å². The van der Waals surface area contributed by atoms with Gasteiger partial charge in [-0.2, -0.15) is 26.3 Å². The highest BCUT2D eigenvalue weighted by Crippen LogP contribution is 2.37. The summed E-state index contributed by atoms with van der Waals surface area (Å²) < 4.78 is 147. The highest BCUT2D eigenvalue weighted by molar-refractivity contribution is 7.90. The van der Waals surface area contributed by atoms with Gasteiger partial charge in [0.2, 0.25) is 0 Å². The molecule has 0 aliphatic carbocycles. The first-order valence-corrected chi connectivity index (χ1v) is 11.0. The second kappa shape index (κ2) is 9.40. The highest BCUT2D eigenvalue weighted by Gasteiger charge is 2.44. The molecule has 0 saturated carbocycles. The lowest BCUT2D eigenvalue weighted by Gasteiger charge is -2.15. The molecule has 0 spiro atoms. The Kier molecular flexibility index (Phi) is 7.12. The fourth-order valence-corrected chi connectivity index (χ4v) is 4.31. The molecule has 37 heavy (non-hydrogen) atoms. The van der Waals surface area contributed by atoms with Gasteiger partial charge in [-0.3, -0.25) is 4.79 Å². The first kappa shape index (κ1) is 28.0. The van der Waals surface area contributed by atoms with Gasteiger partial charge in [0.25, 0.3) is 15.9 Å². The molecule has 0 atom stereocenters. The molecule has 0 bridgehead atoms. The van der Waals surface area contributed by atoms with E-state index in [9.17, 15) is 52.7 Å². The Morgan fingerprint density at radius 1 is 0.946 bits per heavy atom. The normalized spacial score (nSPS) is 12.9. The number of benzene rings is 2. The molecule has 0 unspecified atom stereocenters. The standard InChI is InChI=1S/C18H8ClF9N4O4S/c19-10-7-8(36-18(26,27)28)5-6-11(10)32-14(17(23,24)25)13(29-31-32)15(33)30-37(34,35)12-4-2-1-3-9(12)16(20,21)22/h1-7H,(H,30,33). The SMILES string of the molecule is O=C(NS(=O)(=O)c1ccccc1C(F)(F)F)c1nnn(-c2ccc(OC(F)(F)F)cc2Cl)c1C(F)(F)F. The predicted molar refractivity (Wildman–Crippen MR) is 104 cm³/mol. The van der Waals surface area contributed by atoms with E-state index in [-0.39, 0.29) is 4.68 Å². The number of aromatic nitrogens is 3. The van der Waals surface area contributed by atoms with Gasteiger partial charge in [-0.15, -0.1) is 18.3 Å². The van der Waals surface area contributed by atoms with Crippen LogP contribution in [0.4, 0.5) is 39.5 Å². The summed E-state index contributed by atoms with van der Waals surface area (Å²) in [6.45, 7) is 0. The number of halogens is 10. The van der Waals surface area contributed by atoms with E-state index >= 15 is 0 Å². The van der Waals surface area contributed by atoms with Gasteiger partial charge >= 0.3 is 18.7 Å². The number of carbonyl (C=O) groups excluding carboxylic acids is 1. The Morgan fingerprint density at radius 2 is 1.57 bits per heavy atom. The molecule has 0 radical (unpaired) electrons. The minimum absolute atomic E-state index is 0.120. The van der Waals surface area contributed by atoms with Gasteiger partial charge in [-0.05, 0) is 24.3 Å². The van der Waals surface area contributed by atoms with Crippen molar-refractivity contribution in [3.8, 4) is 11.4 Å². The van der Waals surface area contributed by atoms with Crippen molar-refractivity contribution in [3.05, 3.63) is 64.4 Å². The van der Waals surface area contributed by atoms with Crippen molar-refractivity contribution in [1.82, 2.24) is 19.7 Å². The van der Waals surface area contributed by atoms with Gasteiger partial charge in [0.1, 0.15) is 5.75 Å². The number of amides is 1. The molecule has 0 fully saturated rings. The van der Waals surface area contributed by atoms with Gasteiger partial charge < -0.3 is 4.74 Å². The summed E-state index contributed by atoms with van der Waals surface area (Å²) >= 11 is 5.74. The molecule has 1 heterocycles. The molecule has 1 aromatic heterocycles. The zero-order chi connectivity index (χ0) is 28.0. The maximum atomic E-state index is 13.8. The van der Waals surface area contributed by atoms with Crippen LogP contribution in [0.2, 0.25) is 5.02 Å². The summed E-state index contributed by atoms with van der Waals surface area (Å²) in [7, 11) is -5.38. The van der Waals surface area contributed by atoms with Crippen molar-refractivity contribution in [2.75, 3.05) is 0 Å². The van der Waals surface area contributed by atoms with E-state index in [2.05, 4.69) is 15.0 Å². The van der Waals surface area contributed by atoms with Gasteiger partial charge in [-0.25, -0.2) is 17.8 Å². The Balaban J connectivity index is 2.05. The summed E-state index contributed by atoms with van der Waals surface area (Å²) in [5, 5.41) is 5.24. The van der Waals surface area contributed by atoms with Crippen LogP contribution in [0.25, 0.3) is 5.69 Å². The minimum Gasteiger partial charge on any atom is -0.406 e. The number of hydrogen-bond donors (Lipinski definition) is 1. The van der Waals surface area contributed by atoms with Gasteiger partial charge in [0.05, 0.1) is 21.2 Å². The molecule has 2 aromatic carbocycles. The number of ether oxygens (including phenoxy) is 1. The Morgan fingerprint density at radius 3 is 2.11 bits per heavy atom. The molecular formula is C18H8ClF9N4O4S. The summed E-state index contributed by atoms with van der Waals surface area (Å²) in [6.07, 6.45) is -15.8. The highest BCUT2D eigenvalue weighted by atomic mass is 35.5. The zero-order valence-electron chi connectivity index (χ0n) is 17.2. The maximum absolute atomic E-state index is 13.8. The van der Waals surface area contributed by atoms with E-state index in [4.69, 9.17) is 11.6 Å². The van der Waals surface area contributed by atoms with Crippen molar-refractivity contribution in [2.24, 2.45) is 0 Å². The van der Waals surface area contributed by atoms with Crippen LogP contribution in [-0.2, 0) is 22.4 Å². The molecule has 0 aliphatic rings. The van der Waals surface area contributed by atoms with Gasteiger partial charge in [0, 0.05) is 6.07 Å². The van der Waals surface area contributed by atoms with Crippen LogP contribution in [0.3, 0.4) is 0 Å². The molecule has 19 heteroatoms. The van der Waals surface area contributed by atoms with Crippen molar-refractivity contribution < 1.29 is 57.5 Å². The van der Waals surface area contributed by atoms with Crippen LogP contribution in [-0.4, -0.2) is 35.7 Å². The number of hydrogen-bond acceptors (Lipinski definition) is 6. The van der Waals surface area contributed by atoms with Crippen molar-refractivity contribution in [1.29, 1.82) is 0 Å². The smallest absolute Gasteiger partial charge is 0.406 e. The van der Waals surface area contributed by atoms with Gasteiger partial charge in [-0.1, -0.05) is 28.9 Å². The number of carbonyl (C=O) groups is 1. The van der Waals surface area contributed by atoms with Crippen molar-refractivity contribution in [3.63, 3.8) is 0 Å². The molecular weight excluding hydrogens is 575 g/mol. The third-order valence-electron chi connectivity index (χ3n) is 4.24. The van der Waals surface area contributed by atoms with Crippen LogP contribution in [0, 0.1) is 0 Å². The van der Waals surface area contributed by atoms with Crippen LogP contribution in [0.1, 0.15) is 21.7 Å². The van der Waals surface area contributed by atoms with E-state index in [0.717, 1.165) is 16.9 Å². The lowest BCUT2D eigenvalue weighted by molar-refractivity contribution is -0.274. The largest absolute Gasteiger partial charge is 0.573 e. The molecule has 1 N–H and O–H groups in total. The molecule has 0 saturated heterocycles. The molecule has 200 valence electrons. The number of nitrogens with one attached hydrogen (secondary N) is 1. The summed E-state index contributed by atoms with van der Waals surface area (Å²) in [6, 6.07) is 4.19. The van der Waals surface area contributed by atoms with Crippen molar-refractivity contribution in [2.45, 2.75) is 23.6 Å². The predicted octanol–water partition coefficient (Wildman–Crippen LogP) is 4.98. The van der Waals surface area contributed by atoms with Crippen molar-refractivity contribution >= 4 is 27.5 Å². The second-order valence-corrected chi connectivity index (χ2v) is 8.84. The first-order valence-electron chi connectivity index (χ1n) is 9.13. The van der Waals surface area contributed by atoms with E-state index in [0.29, 0.717) is 30.3 Å². The molecule has 3 aromatic rings. The van der Waals surface area contributed by atoms with E-state index in [1.165, 1.54) is 0 Å². The summed E-state index contributed by atoms with van der Waals surface area (Å²) in [5.74, 6) is -3.02. The third-order valence-corrected chi connectivity index (χ3v) is 5.94. The van der Waals surface area contributed by atoms with E-state index in [1.807, 2.05) is 0 Å². The van der Waals surface area contributed by atoms with Crippen LogP contribution in [0.5, 0.6) is 5.75 Å². The molecule has 8 nitrogen and oxygen atoms in total. The van der Waals surface area contributed by atoms with E-state index < -0.39 is 73.0 Å². The minimum atomic E-state index is -5.49. The maximum Gasteiger partial charge on any atom is 0.573 e. The molecule has 0 aliphatic heterocycles. The lowest BCUT2D eigenvalue weighted by Crippen LogP contribution is -2.34. The zero-order valence-corrected chi connectivity index (χ0v) is 18.8. The average molecular weight is 583 g/mol. The topological polar surface area (TPSA) is 103 Å². The monoisotopic (exact) mass is 582 g/mol. The quantitative estimate of drug-likeness (QED) is 0.426. The average Bonchev–Trinajstić information content (AvgIpc) is 3.17. The van der Waals surface area contributed by atoms with Crippen LogP contribution in [0.15, 0.2) is 47.4 Å². The summed E-state index contributed by atoms with van der Waals surface area (Å²) in [4.78, 5) is 11.0. The van der Waals surface area contributed by atoms with Crippen LogP contribution >= 0.6 is 11.6 Å². The fourth-order valence-electron chi connectivity index (χ4n) is 2.87. The number of alkyl halides is 9. The second-order valence-electron chi connectivity index (χ2n) is 6.79. The lowest BCUT2D eigenvalue weighted by atomic mass is 10.2. The first-order chi connectivity index (χ1) is 16.8. The number of sulfonamides is 1.